The quantitative estimate of drug-likeness (QED) is 0.326. The topological polar surface area (TPSA) is 83.8 Å². The fraction of sp³-hybridized carbons (Fsp3) is 0.259. The zero-order valence-corrected chi connectivity index (χ0v) is 19.7. The highest BCUT2D eigenvalue weighted by atomic mass is 19.4. The lowest BCUT2D eigenvalue weighted by Crippen LogP contribution is -2.57. The number of halogens is 3. The van der Waals surface area contributed by atoms with E-state index < -0.39 is 34.5 Å². The highest BCUT2D eigenvalue weighted by molar-refractivity contribution is 5.97. The second kappa shape index (κ2) is 10.8. The largest absolute Gasteiger partial charge is 0.416 e. The van der Waals surface area contributed by atoms with Gasteiger partial charge in [0.05, 0.1) is 16.5 Å². The molecule has 0 N–H and O–H groups in total. The van der Waals surface area contributed by atoms with E-state index in [1.165, 1.54) is 46.2 Å². The number of rotatable bonds is 7. The molecule has 1 aliphatic rings. The van der Waals surface area contributed by atoms with Crippen molar-refractivity contribution in [3.63, 3.8) is 0 Å². The number of hydrogen-bond acceptors (Lipinski definition) is 4. The van der Waals surface area contributed by atoms with Gasteiger partial charge < -0.3 is 9.80 Å². The summed E-state index contributed by atoms with van der Waals surface area (Å²) in [6.07, 6.45) is -3.43. The van der Waals surface area contributed by atoms with Crippen molar-refractivity contribution < 1.29 is 27.7 Å². The Hall–Kier alpha value is -4.21. The normalized spacial score (nSPS) is 16.1. The Balaban J connectivity index is 1.58. The first kappa shape index (κ1) is 25.9. The van der Waals surface area contributed by atoms with Gasteiger partial charge in [0.2, 0.25) is 5.91 Å². The molecule has 0 aromatic heterocycles. The van der Waals surface area contributed by atoms with E-state index >= 15 is 0 Å². The highest BCUT2D eigenvalue weighted by Gasteiger charge is 2.36. The molecular weight excluding hydrogens is 487 g/mol. The number of amides is 2. The predicted octanol–water partition coefficient (Wildman–Crippen LogP) is 5.10. The summed E-state index contributed by atoms with van der Waals surface area (Å²) < 4.78 is 39.7. The Morgan fingerprint density at radius 2 is 1.68 bits per heavy atom. The molecule has 1 aliphatic heterocycles. The standard InChI is InChI=1S/C27H24F3N3O4/c28-27(29,30)22-10-4-8-20(14-22)16-32-24(13-12-19-6-2-1-3-7-19)17-31(18-25(32)34)26(35)21-9-5-11-23(15-21)33(36)37/h1-11,14-15,24H,12-13,16-18H2/t24-/m0/s1. The second-order valence-electron chi connectivity index (χ2n) is 8.89. The van der Waals surface area contributed by atoms with Crippen molar-refractivity contribution in [1.29, 1.82) is 0 Å². The molecule has 1 heterocycles. The van der Waals surface area contributed by atoms with Crippen LogP contribution in [0, 0.1) is 10.1 Å². The van der Waals surface area contributed by atoms with Crippen LogP contribution in [0.4, 0.5) is 18.9 Å². The molecule has 0 bridgehead atoms. The van der Waals surface area contributed by atoms with Crippen molar-refractivity contribution in [1.82, 2.24) is 9.80 Å². The third-order valence-electron chi connectivity index (χ3n) is 6.33. The number of nitro groups is 1. The van der Waals surface area contributed by atoms with E-state index in [1.807, 2.05) is 30.3 Å². The van der Waals surface area contributed by atoms with E-state index in [-0.39, 0.29) is 30.9 Å². The molecular formula is C27H24F3N3O4. The molecule has 0 saturated carbocycles. The number of aryl methyl sites for hydroxylation is 1. The van der Waals surface area contributed by atoms with Crippen LogP contribution in [0.25, 0.3) is 0 Å². The Morgan fingerprint density at radius 3 is 2.38 bits per heavy atom. The minimum Gasteiger partial charge on any atom is -0.332 e. The number of non-ortho nitro benzene ring substituents is 1. The molecule has 3 aromatic carbocycles. The van der Waals surface area contributed by atoms with Gasteiger partial charge in [-0.3, -0.25) is 19.7 Å². The first-order chi connectivity index (χ1) is 17.6. The molecule has 4 rings (SSSR count). The summed E-state index contributed by atoms with van der Waals surface area (Å²) in [5.41, 5.74) is 0.427. The maximum Gasteiger partial charge on any atom is 0.416 e. The van der Waals surface area contributed by atoms with Crippen molar-refractivity contribution >= 4 is 17.5 Å². The van der Waals surface area contributed by atoms with Crippen LogP contribution in [0.3, 0.4) is 0 Å². The van der Waals surface area contributed by atoms with Gasteiger partial charge in [0.25, 0.3) is 11.6 Å². The van der Waals surface area contributed by atoms with Gasteiger partial charge in [-0.05, 0) is 42.2 Å². The van der Waals surface area contributed by atoms with E-state index in [4.69, 9.17) is 0 Å². The summed E-state index contributed by atoms with van der Waals surface area (Å²) in [4.78, 5) is 39.8. The van der Waals surface area contributed by atoms with E-state index in [2.05, 4.69) is 0 Å². The predicted molar refractivity (Wildman–Crippen MR) is 130 cm³/mol. The summed E-state index contributed by atoms with van der Waals surface area (Å²) in [6.45, 7) is -0.150. The van der Waals surface area contributed by atoms with Gasteiger partial charge >= 0.3 is 6.18 Å². The Kier molecular flexibility index (Phi) is 7.56. The summed E-state index contributed by atoms with van der Waals surface area (Å²) in [5, 5.41) is 11.1. The van der Waals surface area contributed by atoms with Crippen molar-refractivity contribution in [3.8, 4) is 0 Å². The van der Waals surface area contributed by atoms with Gasteiger partial charge in [-0.2, -0.15) is 13.2 Å². The van der Waals surface area contributed by atoms with Crippen molar-refractivity contribution in [2.45, 2.75) is 31.6 Å². The lowest BCUT2D eigenvalue weighted by atomic mass is 9.99. The maximum atomic E-state index is 13.2. The fourth-order valence-electron chi connectivity index (χ4n) is 4.45. The maximum absolute atomic E-state index is 13.2. The molecule has 192 valence electrons. The molecule has 1 saturated heterocycles. The number of nitro benzene ring substituents is 1. The minimum atomic E-state index is -4.50. The molecule has 3 aromatic rings. The van der Waals surface area contributed by atoms with Gasteiger partial charge in [0.1, 0.15) is 6.54 Å². The van der Waals surface area contributed by atoms with E-state index in [0.717, 1.165) is 17.7 Å². The monoisotopic (exact) mass is 511 g/mol. The molecule has 1 fully saturated rings. The number of benzene rings is 3. The summed E-state index contributed by atoms with van der Waals surface area (Å²) >= 11 is 0. The van der Waals surface area contributed by atoms with Crippen LogP contribution in [0.15, 0.2) is 78.9 Å². The van der Waals surface area contributed by atoms with Crippen molar-refractivity contribution in [2.24, 2.45) is 0 Å². The molecule has 0 unspecified atom stereocenters. The Labute approximate surface area is 211 Å². The first-order valence-electron chi connectivity index (χ1n) is 11.6. The van der Waals surface area contributed by atoms with E-state index in [0.29, 0.717) is 18.4 Å². The van der Waals surface area contributed by atoms with Crippen molar-refractivity contribution in [2.75, 3.05) is 13.1 Å². The fourth-order valence-corrected chi connectivity index (χ4v) is 4.45. The zero-order valence-electron chi connectivity index (χ0n) is 19.7. The molecule has 7 nitrogen and oxygen atoms in total. The van der Waals surface area contributed by atoms with Crippen LogP contribution in [-0.2, 0) is 23.9 Å². The smallest absolute Gasteiger partial charge is 0.332 e. The third-order valence-corrected chi connectivity index (χ3v) is 6.33. The highest BCUT2D eigenvalue weighted by Crippen LogP contribution is 2.30. The van der Waals surface area contributed by atoms with Gasteiger partial charge in [0, 0.05) is 30.8 Å². The van der Waals surface area contributed by atoms with Crippen LogP contribution in [0.2, 0.25) is 0 Å². The molecule has 0 aliphatic carbocycles. The van der Waals surface area contributed by atoms with Crippen molar-refractivity contribution in [3.05, 3.63) is 111 Å². The van der Waals surface area contributed by atoms with Crippen LogP contribution >= 0.6 is 0 Å². The number of hydrogen-bond donors (Lipinski definition) is 0. The number of carbonyl (C=O) groups excluding carboxylic acids is 2. The average molecular weight is 512 g/mol. The molecule has 2 amide bonds. The number of piperazine rings is 1. The van der Waals surface area contributed by atoms with Crippen LogP contribution in [0.5, 0.6) is 0 Å². The lowest BCUT2D eigenvalue weighted by Gasteiger charge is -2.41. The van der Waals surface area contributed by atoms with Gasteiger partial charge in [-0.1, -0.05) is 48.5 Å². The van der Waals surface area contributed by atoms with Gasteiger partial charge in [-0.25, -0.2) is 0 Å². The number of alkyl halides is 3. The molecule has 10 heteroatoms. The SMILES string of the molecule is O=C(c1cccc([N+](=O)[O-])c1)N1CC(=O)N(Cc2cccc(C(F)(F)F)c2)[C@@H](CCc2ccccc2)C1. The average Bonchev–Trinajstić information content (AvgIpc) is 2.88. The van der Waals surface area contributed by atoms with Crippen LogP contribution in [-0.4, -0.2) is 45.7 Å². The molecule has 1 atom stereocenters. The summed E-state index contributed by atoms with van der Waals surface area (Å²) in [6, 6.07) is 19.2. The van der Waals surface area contributed by atoms with Crippen LogP contribution < -0.4 is 0 Å². The third kappa shape index (κ3) is 6.32. The van der Waals surface area contributed by atoms with E-state index in [9.17, 15) is 32.9 Å². The Morgan fingerprint density at radius 1 is 0.973 bits per heavy atom. The summed E-state index contributed by atoms with van der Waals surface area (Å²) in [7, 11) is 0. The number of carbonyl (C=O) groups is 2. The van der Waals surface area contributed by atoms with E-state index in [1.54, 1.807) is 0 Å². The lowest BCUT2D eigenvalue weighted by molar-refractivity contribution is -0.384. The Bertz CT molecular complexity index is 1300. The summed E-state index contributed by atoms with van der Waals surface area (Å²) in [5.74, 6) is -0.916. The molecule has 0 radical (unpaired) electrons. The minimum absolute atomic E-state index is 0.0267. The van der Waals surface area contributed by atoms with Crippen LogP contribution in [0.1, 0.15) is 33.5 Å². The number of nitrogens with zero attached hydrogens (tertiary/aromatic N) is 3. The molecule has 0 spiro atoms. The first-order valence-corrected chi connectivity index (χ1v) is 11.6. The van der Waals surface area contributed by atoms with Gasteiger partial charge in [-0.15, -0.1) is 0 Å². The zero-order chi connectivity index (χ0) is 26.6. The van der Waals surface area contributed by atoms with Gasteiger partial charge in [0.15, 0.2) is 0 Å². The molecule has 37 heavy (non-hydrogen) atoms. The second-order valence-corrected chi connectivity index (χ2v) is 8.89.